The lowest BCUT2D eigenvalue weighted by molar-refractivity contribution is -0.383. The summed E-state index contributed by atoms with van der Waals surface area (Å²) in [6, 6.07) is 4.62. The largest absolute Gasteiger partial charge is 0.383 e. The standard InChI is InChI=1S/C14H19N3O3/c1-9(10-4-5-10)16(3)14(18)11-6-7-13(17(19)20)12(8-11)15-2/h6-10,15H,4-5H2,1-3H3. The van der Waals surface area contributed by atoms with E-state index in [2.05, 4.69) is 5.32 Å². The molecular weight excluding hydrogens is 258 g/mol. The first-order chi connectivity index (χ1) is 9.45. The van der Waals surface area contributed by atoms with Crippen LogP contribution in [0.2, 0.25) is 0 Å². The number of nitro benzene ring substituents is 1. The molecule has 1 aliphatic rings. The summed E-state index contributed by atoms with van der Waals surface area (Å²) in [7, 11) is 3.39. The number of anilines is 1. The molecule has 1 unspecified atom stereocenters. The second kappa shape index (κ2) is 5.48. The molecule has 0 radical (unpaired) electrons. The zero-order chi connectivity index (χ0) is 14.9. The van der Waals surface area contributed by atoms with E-state index in [1.807, 2.05) is 6.92 Å². The Morgan fingerprint density at radius 3 is 2.65 bits per heavy atom. The van der Waals surface area contributed by atoms with Gasteiger partial charge in [-0.3, -0.25) is 14.9 Å². The van der Waals surface area contributed by atoms with E-state index < -0.39 is 4.92 Å². The van der Waals surface area contributed by atoms with Crippen LogP contribution in [0.3, 0.4) is 0 Å². The van der Waals surface area contributed by atoms with Gasteiger partial charge in [0.25, 0.3) is 11.6 Å². The van der Waals surface area contributed by atoms with Gasteiger partial charge < -0.3 is 10.2 Å². The van der Waals surface area contributed by atoms with Gasteiger partial charge in [-0.15, -0.1) is 0 Å². The molecule has 1 saturated carbocycles. The number of nitrogens with zero attached hydrogens (tertiary/aromatic N) is 2. The van der Waals surface area contributed by atoms with Gasteiger partial charge in [-0.25, -0.2) is 0 Å². The minimum Gasteiger partial charge on any atom is -0.383 e. The van der Waals surface area contributed by atoms with Gasteiger partial charge in [0.15, 0.2) is 0 Å². The van der Waals surface area contributed by atoms with E-state index in [4.69, 9.17) is 0 Å². The van der Waals surface area contributed by atoms with Crippen LogP contribution < -0.4 is 5.32 Å². The summed E-state index contributed by atoms with van der Waals surface area (Å²) < 4.78 is 0. The minimum atomic E-state index is -0.462. The minimum absolute atomic E-state index is 0.0260. The average molecular weight is 277 g/mol. The number of hydrogen-bond donors (Lipinski definition) is 1. The fraction of sp³-hybridized carbons (Fsp3) is 0.500. The van der Waals surface area contributed by atoms with E-state index in [0.29, 0.717) is 17.2 Å². The van der Waals surface area contributed by atoms with E-state index in [1.54, 1.807) is 19.0 Å². The molecule has 0 bridgehead atoms. The van der Waals surface area contributed by atoms with Crippen LogP contribution in [0, 0.1) is 16.0 Å². The lowest BCUT2D eigenvalue weighted by Crippen LogP contribution is -2.36. The van der Waals surface area contributed by atoms with Crippen molar-refractivity contribution in [1.29, 1.82) is 0 Å². The molecule has 0 heterocycles. The van der Waals surface area contributed by atoms with Gasteiger partial charge in [-0.1, -0.05) is 0 Å². The molecule has 0 aliphatic heterocycles. The number of carbonyl (C=O) groups excluding carboxylic acids is 1. The lowest BCUT2D eigenvalue weighted by atomic mass is 10.1. The molecule has 1 aliphatic carbocycles. The molecule has 1 amide bonds. The molecule has 0 spiro atoms. The van der Waals surface area contributed by atoms with Crippen LogP contribution in [0.15, 0.2) is 18.2 Å². The molecule has 1 aromatic carbocycles. The molecule has 2 rings (SSSR count). The van der Waals surface area contributed by atoms with Crippen molar-refractivity contribution in [2.24, 2.45) is 5.92 Å². The van der Waals surface area contributed by atoms with E-state index in [9.17, 15) is 14.9 Å². The van der Waals surface area contributed by atoms with Crippen LogP contribution in [0.25, 0.3) is 0 Å². The highest BCUT2D eigenvalue weighted by Gasteiger charge is 2.33. The normalized spacial score (nSPS) is 15.6. The number of hydrogen-bond acceptors (Lipinski definition) is 4. The van der Waals surface area contributed by atoms with Crippen molar-refractivity contribution < 1.29 is 9.72 Å². The van der Waals surface area contributed by atoms with Crippen molar-refractivity contribution in [3.63, 3.8) is 0 Å². The molecule has 0 aromatic heterocycles. The van der Waals surface area contributed by atoms with E-state index in [1.165, 1.54) is 31.0 Å². The van der Waals surface area contributed by atoms with Crippen LogP contribution in [-0.2, 0) is 0 Å². The smallest absolute Gasteiger partial charge is 0.292 e. The SMILES string of the molecule is CNc1cc(C(=O)N(C)C(C)C2CC2)ccc1[N+](=O)[O-]. The summed E-state index contributed by atoms with van der Waals surface area (Å²) >= 11 is 0. The zero-order valence-electron chi connectivity index (χ0n) is 11.9. The highest BCUT2D eigenvalue weighted by atomic mass is 16.6. The van der Waals surface area contributed by atoms with E-state index in [0.717, 1.165) is 0 Å². The van der Waals surface area contributed by atoms with Crippen molar-refractivity contribution in [2.75, 3.05) is 19.4 Å². The summed E-state index contributed by atoms with van der Waals surface area (Å²) in [5, 5.41) is 13.6. The molecule has 1 atom stereocenters. The third-order valence-corrected chi connectivity index (χ3v) is 3.95. The van der Waals surface area contributed by atoms with E-state index >= 15 is 0 Å². The van der Waals surface area contributed by atoms with Crippen molar-refractivity contribution in [3.8, 4) is 0 Å². The number of amides is 1. The molecule has 0 saturated heterocycles. The Hall–Kier alpha value is -2.11. The number of rotatable bonds is 5. The topological polar surface area (TPSA) is 75.5 Å². The molecule has 1 fully saturated rings. The van der Waals surface area contributed by atoms with Crippen LogP contribution >= 0.6 is 0 Å². The Morgan fingerprint density at radius 2 is 2.15 bits per heavy atom. The Labute approximate surface area is 117 Å². The van der Waals surface area contributed by atoms with Gasteiger partial charge in [0.1, 0.15) is 5.69 Å². The summed E-state index contributed by atoms with van der Waals surface area (Å²) in [6.45, 7) is 2.04. The maximum Gasteiger partial charge on any atom is 0.292 e. The monoisotopic (exact) mass is 277 g/mol. The van der Waals surface area contributed by atoms with Crippen LogP contribution in [0.4, 0.5) is 11.4 Å². The first-order valence-electron chi connectivity index (χ1n) is 6.69. The summed E-state index contributed by atoms with van der Waals surface area (Å²) in [5.41, 5.74) is 0.796. The van der Waals surface area contributed by atoms with Gasteiger partial charge >= 0.3 is 0 Å². The van der Waals surface area contributed by atoms with Gasteiger partial charge in [0.05, 0.1) is 4.92 Å². The molecule has 20 heavy (non-hydrogen) atoms. The van der Waals surface area contributed by atoms with Gasteiger partial charge in [0, 0.05) is 31.8 Å². The van der Waals surface area contributed by atoms with Crippen molar-refractivity contribution >= 4 is 17.3 Å². The number of benzene rings is 1. The third kappa shape index (κ3) is 2.74. The lowest BCUT2D eigenvalue weighted by Gasteiger charge is -2.25. The fourth-order valence-electron chi connectivity index (χ4n) is 2.31. The van der Waals surface area contributed by atoms with E-state index in [-0.39, 0.29) is 17.6 Å². The van der Waals surface area contributed by atoms with Crippen molar-refractivity contribution in [3.05, 3.63) is 33.9 Å². The summed E-state index contributed by atoms with van der Waals surface area (Å²) in [5.74, 6) is 0.488. The molecule has 6 nitrogen and oxygen atoms in total. The molecule has 1 aromatic rings. The van der Waals surface area contributed by atoms with Crippen molar-refractivity contribution in [1.82, 2.24) is 4.90 Å². The Bertz CT molecular complexity index is 540. The Kier molecular flexibility index (Phi) is 3.92. The van der Waals surface area contributed by atoms with Gasteiger partial charge in [0.2, 0.25) is 0 Å². The number of nitrogens with one attached hydrogen (secondary N) is 1. The van der Waals surface area contributed by atoms with Crippen molar-refractivity contribution in [2.45, 2.75) is 25.8 Å². The van der Waals surface area contributed by atoms with Gasteiger partial charge in [-0.05, 0) is 37.8 Å². The first kappa shape index (κ1) is 14.3. The predicted molar refractivity (Wildman–Crippen MR) is 76.9 cm³/mol. The summed E-state index contributed by atoms with van der Waals surface area (Å²) in [4.78, 5) is 24.5. The summed E-state index contributed by atoms with van der Waals surface area (Å²) in [6.07, 6.45) is 2.33. The predicted octanol–water partition coefficient (Wildman–Crippen LogP) is 2.51. The molecule has 6 heteroatoms. The van der Waals surface area contributed by atoms with Crippen LogP contribution in [0.1, 0.15) is 30.1 Å². The number of carbonyl (C=O) groups is 1. The highest BCUT2D eigenvalue weighted by molar-refractivity contribution is 5.96. The Balaban J connectivity index is 2.23. The van der Waals surface area contributed by atoms with Crippen LogP contribution in [-0.4, -0.2) is 35.9 Å². The second-order valence-electron chi connectivity index (χ2n) is 5.23. The van der Waals surface area contributed by atoms with Gasteiger partial charge in [-0.2, -0.15) is 0 Å². The molecular formula is C14H19N3O3. The maximum absolute atomic E-state index is 12.4. The fourth-order valence-corrected chi connectivity index (χ4v) is 2.31. The van der Waals surface area contributed by atoms with Crippen LogP contribution in [0.5, 0.6) is 0 Å². The molecule has 108 valence electrons. The third-order valence-electron chi connectivity index (χ3n) is 3.95. The quantitative estimate of drug-likeness (QED) is 0.662. The first-order valence-corrected chi connectivity index (χ1v) is 6.69. The maximum atomic E-state index is 12.4. The molecule has 1 N–H and O–H groups in total. The Morgan fingerprint density at radius 1 is 1.50 bits per heavy atom. The number of nitro groups is 1. The second-order valence-corrected chi connectivity index (χ2v) is 5.23. The highest BCUT2D eigenvalue weighted by Crippen LogP contribution is 2.35. The average Bonchev–Trinajstić information content (AvgIpc) is 3.28. The zero-order valence-corrected chi connectivity index (χ0v) is 11.9.